The van der Waals surface area contributed by atoms with Crippen LogP contribution in [0.25, 0.3) is 0 Å². The standard InChI is InChI=1S/C13H17ClN2O2/c1-18-12-4-2-3-11(12)16-13(17)9-6-5-8(14)7-10(9)15/h5-7,11-12H,2-4,15H2,1H3,(H,16,17). The number of ether oxygens (including phenoxy) is 1. The van der Waals surface area contributed by atoms with Crippen LogP contribution in [0.2, 0.25) is 5.02 Å². The molecule has 1 amide bonds. The molecular weight excluding hydrogens is 252 g/mol. The number of nitrogens with one attached hydrogen (secondary N) is 1. The highest BCUT2D eigenvalue weighted by Gasteiger charge is 2.28. The fourth-order valence-electron chi connectivity index (χ4n) is 2.36. The number of halogens is 1. The monoisotopic (exact) mass is 268 g/mol. The molecule has 5 heteroatoms. The largest absolute Gasteiger partial charge is 0.398 e. The predicted molar refractivity (Wildman–Crippen MR) is 71.8 cm³/mol. The van der Waals surface area contributed by atoms with Crippen molar-refractivity contribution in [3.63, 3.8) is 0 Å². The minimum Gasteiger partial charge on any atom is -0.398 e. The van der Waals surface area contributed by atoms with E-state index in [9.17, 15) is 4.79 Å². The Hall–Kier alpha value is -1.26. The molecule has 0 saturated heterocycles. The van der Waals surface area contributed by atoms with E-state index in [1.54, 1.807) is 25.3 Å². The lowest BCUT2D eigenvalue weighted by Gasteiger charge is -2.20. The highest BCUT2D eigenvalue weighted by Crippen LogP contribution is 2.23. The van der Waals surface area contributed by atoms with E-state index in [0.29, 0.717) is 16.3 Å². The van der Waals surface area contributed by atoms with Crippen LogP contribution < -0.4 is 11.1 Å². The number of rotatable bonds is 3. The third kappa shape index (κ3) is 2.76. The van der Waals surface area contributed by atoms with E-state index >= 15 is 0 Å². The van der Waals surface area contributed by atoms with Gasteiger partial charge in [0.2, 0.25) is 0 Å². The number of benzene rings is 1. The summed E-state index contributed by atoms with van der Waals surface area (Å²) in [5.41, 5.74) is 6.64. The SMILES string of the molecule is COC1CCCC1NC(=O)c1ccc(Cl)cc1N. The summed E-state index contributed by atoms with van der Waals surface area (Å²) in [6.45, 7) is 0. The summed E-state index contributed by atoms with van der Waals surface area (Å²) in [5, 5.41) is 3.50. The summed E-state index contributed by atoms with van der Waals surface area (Å²) in [6, 6.07) is 4.95. The molecule has 0 bridgehead atoms. The molecule has 98 valence electrons. The Morgan fingerprint density at radius 3 is 2.94 bits per heavy atom. The second-order valence-electron chi connectivity index (χ2n) is 4.52. The minimum absolute atomic E-state index is 0.0672. The molecule has 2 atom stereocenters. The summed E-state index contributed by atoms with van der Waals surface area (Å²) in [5.74, 6) is -0.168. The van der Waals surface area contributed by atoms with Crippen LogP contribution in [-0.4, -0.2) is 25.2 Å². The van der Waals surface area contributed by atoms with Gasteiger partial charge in [-0.2, -0.15) is 0 Å². The lowest BCUT2D eigenvalue weighted by atomic mass is 10.1. The molecule has 1 aromatic rings. The van der Waals surface area contributed by atoms with Crippen molar-refractivity contribution >= 4 is 23.2 Å². The number of carbonyl (C=O) groups is 1. The first-order valence-electron chi connectivity index (χ1n) is 6.00. The fraction of sp³-hybridized carbons (Fsp3) is 0.462. The van der Waals surface area contributed by atoms with Gasteiger partial charge >= 0.3 is 0 Å². The van der Waals surface area contributed by atoms with Gasteiger partial charge in [-0.05, 0) is 37.5 Å². The Labute approximate surface area is 111 Å². The predicted octanol–water partition coefficient (Wildman–Crippen LogP) is 2.22. The number of hydrogen-bond acceptors (Lipinski definition) is 3. The van der Waals surface area contributed by atoms with E-state index < -0.39 is 0 Å². The first-order valence-corrected chi connectivity index (χ1v) is 6.38. The van der Waals surface area contributed by atoms with Crippen LogP contribution in [0.5, 0.6) is 0 Å². The number of carbonyl (C=O) groups excluding carboxylic acids is 1. The van der Waals surface area contributed by atoms with Gasteiger partial charge in [-0.25, -0.2) is 0 Å². The van der Waals surface area contributed by atoms with E-state index in [-0.39, 0.29) is 18.1 Å². The van der Waals surface area contributed by atoms with Crippen LogP contribution in [0.4, 0.5) is 5.69 Å². The Bertz CT molecular complexity index is 451. The van der Waals surface area contributed by atoms with Crippen LogP contribution in [0, 0.1) is 0 Å². The van der Waals surface area contributed by atoms with Crippen molar-refractivity contribution in [3.8, 4) is 0 Å². The van der Waals surface area contributed by atoms with Gasteiger partial charge in [-0.3, -0.25) is 4.79 Å². The molecule has 0 aliphatic heterocycles. The number of hydrogen-bond donors (Lipinski definition) is 2. The van der Waals surface area contributed by atoms with Gasteiger partial charge in [-0.15, -0.1) is 0 Å². The summed E-state index contributed by atoms with van der Waals surface area (Å²) < 4.78 is 5.34. The maximum atomic E-state index is 12.1. The van der Waals surface area contributed by atoms with Gasteiger partial charge in [0.15, 0.2) is 0 Å². The van der Waals surface area contributed by atoms with Crippen LogP contribution >= 0.6 is 11.6 Å². The van der Waals surface area contributed by atoms with Gasteiger partial charge in [0.25, 0.3) is 5.91 Å². The van der Waals surface area contributed by atoms with Gasteiger partial charge < -0.3 is 15.8 Å². The lowest BCUT2D eigenvalue weighted by molar-refractivity contribution is 0.0723. The Balaban J connectivity index is 2.07. The maximum absolute atomic E-state index is 12.1. The Morgan fingerprint density at radius 2 is 2.28 bits per heavy atom. The second-order valence-corrected chi connectivity index (χ2v) is 4.95. The van der Waals surface area contributed by atoms with Gasteiger partial charge in [0.05, 0.1) is 17.7 Å². The van der Waals surface area contributed by atoms with Crippen molar-refractivity contribution in [1.29, 1.82) is 0 Å². The third-order valence-electron chi connectivity index (χ3n) is 3.33. The summed E-state index contributed by atoms with van der Waals surface area (Å²) in [4.78, 5) is 12.1. The zero-order chi connectivity index (χ0) is 13.1. The second kappa shape index (κ2) is 5.59. The molecule has 2 rings (SSSR count). The normalized spacial score (nSPS) is 23.0. The molecule has 0 radical (unpaired) electrons. The average molecular weight is 269 g/mol. The zero-order valence-corrected chi connectivity index (χ0v) is 11.0. The summed E-state index contributed by atoms with van der Waals surface area (Å²) >= 11 is 5.81. The number of amides is 1. The number of nitrogens with two attached hydrogens (primary N) is 1. The highest BCUT2D eigenvalue weighted by molar-refractivity contribution is 6.31. The number of nitrogen functional groups attached to an aromatic ring is 1. The van der Waals surface area contributed by atoms with E-state index in [1.807, 2.05) is 0 Å². The molecule has 0 heterocycles. The Morgan fingerprint density at radius 1 is 1.50 bits per heavy atom. The van der Waals surface area contributed by atoms with Crippen molar-refractivity contribution in [1.82, 2.24) is 5.32 Å². The molecule has 1 fully saturated rings. The quantitative estimate of drug-likeness (QED) is 0.826. The molecule has 1 saturated carbocycles. The first-order chi connectivity index (χ1) is 8.61. The van der Waals surface area contributed by atoms with Crippen LogP contribution in [-0.2, 0) is 4.74 Å². The maximum Gasteiger partial charge on any atom is 0.253 e. The van der Waals surface area contributed by atoms with Gasteiger partial charge in [0, 0.05) is 17.8 Å². The highest BCUT2D eigenvalue weighted by atomic mass is 35.5. The first kappa shape index (κ1) is 13.2. The molecule has 0 spiro atoms. The van der Waals surface area contributed by atoms with Crippen molar-refractivity contribution in [2.75, 3.05) is 12.8 Å². The van der Waals surface area contributed by atoms with E-state index in [1.165, 1.54) is 0 Å². The summed E-state index contributed by atoms with van der Waals surface area (Å²) in [6.07, 6.45) is 3.09. The molecule has 4 nitrogen and oxygen atoms in total. The number of methoxy groups -OCH3 is 1. The fourth-order valence-corrected chi connectivity index (χ4v) is 2.54. The Kier molecular flexibility index (Phi) is 4.09. The molecule has 1 aliphatic carbocycles. The van der Waals surface area contributed by atoms with Crippen LogP contribution in [0.15, 0.2) is 18.2 Å². The molecular formula is C13H17ClN2O2. The number of anilines is 1. The van der Waals surface area contributed by atoms with Crippen LogP contribution in [0.3, 0.4) is 0 Å². The zero-order valence-electron chi connectivity index (χ0n) is 10.3. The van der Waals surface area contributed by atoms with Crippen molar-refractivity contribution in [2.45, 2.75) is 31.4 Å². The van der Waals surface area contributed by atoms with Crippen molar-refractivity contribution in [2.24, 2.45) is 0 Å². The van der Waals surface area contributed by atoms with Gasteiger partial charge in [-0.1, -0.05) is 11.6 Å². The molecule has 18 heavy (non-hydrogen) atoms. The average Bonchev–Trinajstić information content (AvgIpc) is 2.76. The third-order valence-corrected chi connectivity index (χ3v) is 3.57. The van der Waals surface area contributed by atoms with E-state index in [0.717, 1.165) is 19.3 Å². The van der Waals surface area contributed by atoms with Crippen molar-refractivity contribution < 1.29 is 9.53 Å². The lowest BCUT2D eigenvalue weighted by Crippen LogP contribution is -2.40. The van der Waals surface area contributed by atoms with E-state index in [4.69, 9.17) is 22.1 Å². The minimum atomic E-state index is -0.168. The topological polar surface area (TPSA) is 64.3 Å². The van der Waals surface area contributed by atoms with Crippen molar-refractivity contribution in [3.05, 3.63) is 28.8 Å². The van der Waals surface area contributed by atoms with Crippen LogP contribution in [0.1, 0.15) is 29.6 Å². The van der Waals surface area contributed by atoms with E-state index in [2.05, 4.69) is 5.32 Å². The smallest absolute Gasteiger partial charge is 0.253 e. The molecule has 2 unspecified atom stereocenters. The molecule has 1 aromatic carbocycles. The van der Waals surface area contributed by atoms with Gasteiger partial charge in [0.1, 0.15) is 0 Å². The molecule has 1 aliphatic rings. The summed E-state index contributed by atoms with van der Waals surface area (Å²) in [7, 11) is 1.67. The molecule has 3 N–H and O–H groups in total. The molecule has 0 aromatic heterocycles.